The average Bonchev–Trinajstić information content (AvgIpc) is 2.58. The zero-order chi connectivity index (χ0) is 11.9. The van der Waals surface area contributed by atoms with Crippen molar-refractivity contribution in [2.24, 2.45) is 5.92 Å². The van der Waals surface area contributed by atoms with Crippen molar-refractivity contribution < 1.29 is 0 Å². The SMILES string of the molecule is C1=CC=C2c3cccc4c3N(C=CC2C=C1)CC4. The Balaban J connectivity index is 2.00. The fraction of sp³-hybridized carbons (Fsp3) is 0.176. The molecule has 0 fully saturated rings. The number of anilines is 1. The molecular formula is C17H15N. The first-order chi connectivity index (χ1) is 8.93. The smallest absolute Gasteiger partial charge is 0.0516 e. The predicted molar refractivity (Wildman–Crippen MR) is 76.4 cm³/mol. The van der Waals surface area contributed by atoms with Gasteiger partial charge in [-0.25, -0.2) is 0 Å². The molecule has 3 aliphatic rings. The second kappa shape index (κ2) is 3.74. The molecule has 0 radical (unpaired) electrons. The molecule has 1 unspecified atom stereocenters. The van der Waals surface area contributed by atoms with Crippen LogP contribution in [0, 0.1) is 5.92 Å². The molecule has 0 spiro atoms. The number of nitrogens with zero attached hydrogens (tertiary/aromatic N) is 1. The Morgan fingerprint density at radius 2 is 2.06 bits per heavy atom. The monoisotopic (exact) mass is 233 g/mol. The molecule has 88 valence electrons. The quantitative estimate of drug-likeness (QED) is 0.660. The summed E-state index contributed by atoms with van der Waals surface area (Å²) in [4.78, 5) is 2.40. The van der Waals surface area contributed by atoms with Gasteiger partial charge in [-0.15, -0.1) is 0 Å². The molecular weight excluding hydrogens is 218 g/mol. The van der Waals surface area contributed by atoms with Crippen LogP contribution in [0.15, 0.2) is 60.9 Å². The summed E-state index contributed by atoms with van der Waals surface area (Å²) in [7, 11) is 0. The van der Waals surface area contributed by atoms with Gasteiger partial charge in [-0.3, -0.25) is 0 Å². The highest BCUT2D eigenvalue weighted by Crippen LogP contribution is 2.41. The van der Waals surface area contributed by atoms with Gasteiger partial charge in [0, 0.05) is 24.2 Å². The molecule has 0 aromatic heterocycles. The molecule has 1 aromatic rings. The van der Waals surface area contributed by atoms with E-state index in [1.54, 1.807) is 0 Å². The number of rotatable bonds is 0. The van der Waals surface area contributed by atoms with Crippen molar-refractivity contribution in [1.82, 2.24) is 0 Å². The van der Waals surface area contributed by atoms with Crippen LogP contribution in [0.25, 0.3) is 5.57 Å². The van der Waals surface area contributed by atoms with Gasteiger partial charge >= 0.3 is 0 Å². The van der Waals surface area contributed by atoms with E-state index in [0.717, 1.165) is 13.0 Å². The second-order valence-corrected chi connectivity index (χ2v) is 5.02. The zero-order valence-electron chi connectivity index (χ0n) is 10.2. The van der Waals surface area contributed by atoms with Crippen LogP contribution >= 0.6 is 0 Å². The summed E-state index contributed by atoms with van der Waals surface area (Å²) in [5, 5.41) is 0. The Hall–Kier alpha value is -2.02. The van der Waals surface area contributed by atoms with Crippen molar-refractivity contribution in [3.05, 3.63) is 72.0 Å². The number of para-hydroxylation sites is 1. The van der Waals surface area contributed by atoms with Crippen LogP contribution in [0.1, 0.15) is 11.1 Å². The Bertz CT molecular complexity index is 616. The lowest BCUT2D eigenvalue weighted by atomic mass is 9.91. The third kappa shape index (κ3) is 1.34. The third-order valence-corrected chi connectivity index (χ3v) is 3.99. The van der Waals surface area contributed by atoms with Crippen LogP contribution in [0.4, 0.5) is 5.69 Å². The van der Waals surface area contributed by atoms with Crippen LogP contribution in [0.3, 0.4) is 0 Å². The first-order valence-electron chi connectivity index (χ1n) is 6.56. The predicted octanol–water partition coefficient (Wildman–Crippen LogP) is 3.70. The van der Waals surface area contributed by atoms with E-state index in [0.29, 0.717) is 5.92 Å². The fourth-order valence-corrected chi connectivity index (χ4v) is 3.12. The zero-order valence-corrected chi connectivity index (χ0v) is 10.2. The van der Waals surface area contributed by atoms with E-state index in [2.05, 4.69) is 65.8 Å². The molecule has 0 saturated carbocycles. The van der Waals surface area contributed by atoms with Crippen molar-refractivity contribution in [2.45, 2.75) is 6.42 Å². The first kappa shape index (κ1) is 9.95. The molecule has 2 aliphatic heterocycles. The number of hydrogen-bond acceptors (Lipinski definition) is 1. The minimum atomic E-state index is 0.400. The largest absolute Gasteiger partial charge is 0.347 e. The first-order valence-corrected chi connectivity index (χ1v) is 6.56. The summed E-state index contributed by atoms with van der Waals surface area (Å²) >= 11 is 0. The maximum Gasteiger partial charge on any atom is 0.0516 e. The van der Waals surface area contributed by atoms with Crippen molar-refractivity contribution in [2.75, 3.05) is 11.4 Å². The summed E-state index contributed by atoms with van der Waals surface area (Å²) in [5.74, 6) is 0.400. The van der Waals surface area contributed by atoms with Crippen molar-refractivity contribution >= 4 is 11.3 Å². The van der Waals surface area contributed by atoms with Gasteiger partial charge in [-0.05, 0) is 17.6 Å². The lowest BCUT2D eigenvalue weighted by Crippen LogP contribution is -2.11. The Morgan fingerprint density at radius 3 is 3.06 bits per heavy atom. The summed E-state index contributed by atoms with van der Waals surface area (Å²) in [6, 6.07) is 6.71. The Kier molecular flexibility index (Phi) is 2.07. The normalized spacial score (nSPS) is 23.2. The Morgan fingerprint density at radius 1 is 1.06 bits per heavy atom. The lowest BCUT2D eigenvalue weighted by molar-refractivity contribution is 0.984. The molecule has 0 amide bonds. The van der Waals surface area contributed by atoms with E-state index in [1.807, 2.05) is 0 Å². The van der Waals surface area contributed by atoms with Gasteiger partial charge in [-0.1, -0.05) is 54.7 Å². The molecule has 0 N–H and O–H groups in total. The van der Waals surface area contributed by atoms with Crippen molar-refractivity contribution in [3.63, 3.8) is 0 Å². The van der Waals surface area contributed by atoms with E-state index in [4.69, 9.17) is 0 Å². The van der Waals surface area contributed by atoms with Crippen LogP contribution in [0.5, 0.6) is 0 Å². The van der Waals surface area contributed by atoms with E-state index >= 15 is 0 Å². The van der Waals surface area contributed by atoms with Crippen LogP contribution < -0.4 is 4.90 Å². The van der Waals surface area contributed by atoms with Gasteiger partial charge in [-0.2, -0.15) is 0 Å². The molecule has 1 atom stereocenters. The molecule has 0 bridgehead atoms. The topological polar surface area (TPSA) is 3.24 Å². The van der Waals surface area contributed by atoms with Gasteiger partial charge in [0.1, 0.15) is 0 Å². The maximum absolute atomic E-state index is 2.40. The molecule has 1 aliphatic carbocycles. The van der Waals surface area contributed by atoms with E-state index < -0.39 is 0 Å². The van der Waals surface area contributed by atoms with Crippen LogP contribution in [0.2, 0.25) is 0 Å². The highest BCUT2D eigenvalue weighted by molar-refractivity contribution is 5.85. The number of fused-ring (bicyclic) bond motifs is 2. The minimum absolute atomic E-state index is 0.400. The van der Waals surface area contributed by atoms with E-state index in [9.17, 15) is 0 Å². The van der Waals surface area contributed by atoms with Gasteiger partial charge in [0.25, 0.3) is 0 Å². The fourth-order valence-electron chi connectivity index (χ4n) is 3.12. The molecule has 1 nitrogen and oxygen atoms in total. The highest BCUT2D eigenvalue weighted by atomic mass is 15.1. The second-order valence-electron chi connectivity index (χ2n) is 5.02. The lowest BCUT2D eigenvalue weighted by Gasteiger charge is -2.17. The Labute approximate surface area is 107 Å². The number of benzene rings is 1. The summed E-state index contributed by atoms with van der Waals surface area (Å²) < 4.78 is 0. The summed E-state index contributed by atoms with van der Waals surface area (Å²) in [6.45, 7) is 1.11. The van der Waals surface area contributed by atoms with E-state index in [1.165, 1.54) is 22.4 Å². The summed E-state index contributed by atoms with van der Waals surface area (Å²) in [6.07, 6.45) is 16.7. The van der Waals surface area contributed by atoms with Gasteiger partial charge in [0.2, 0.25) is 0 Å². The molecule has 4 rings (SSSR count). The molecule has 1 aromatic carbocycles. The third-order valence-electron chi connectivity index (χ3n) is 3.99. The number of allylic oxidation sites excluding steroid dienone is 7. The minimum Gasteiger partial charge on any atom is -0.347 e. The van der Waals surface area contributed by atoms with Crippen molar-refractivity contribution in [3.8, 4) is 0 Å². The van der Waals surface area contributed by atoms with Gasteiger partial charge in [0.05, 0.1) is 5.69 Å². The number of hydrogen-bond donors (Lipinski definition) is 0. The average molecular weight is 233 g/mol. The summed E-state index contributed by atoms with van der Waals surface area (Å²) in [5.41, 5.74) is 5.72. The maximum atomic E-state index is 2.40. The van der Waals surface area contributed by atoms with Crippen LogP contribution in [-0.4, -0.2) is 6.54 Å². The van der Waals surface area contributed by atoms with Gasteiger partial charge < -0.3 is 4.90 Å². The van der Waals surface area contributed by atoms with E-state index in [-0.39, 0.29) is 0 Å². The van der Waals surface area contributed by atoms with Gasteiger partial charge in [0.15, 0.2) is 0 Å². The molecule has 18 heavy (non-hydrogen) atoms. The standard InChI is InChI=1S/C17H15N/c1-2-5-13-9-11-18-12-10-14-6-4-8-16(17(14)18)15(13)7-3-1/h1-9,11,13H,10,12H2. The van der Waals surface area contributed by atoms with Crippen molar-refractivity contribution in [1.29, 1.82) is 0 Å². The van der Waals surface area contributed by atoms with Crippen LogP contribution in [-0.2, 0) is 6.42 Å². The molecule has 2 heterocycles. The highest BCUT2D eigenvalue weighted by Gasteiger charge is 2.26. The molecule has 0 saturated heterocycles. The molecule has 1 heteroatoms.